The van der Waals surface area contributed by atoms with Crippen LogP contribution < -0.4 is 4.74 Å². The van der Waals surface area contributed by atoms with Gasteiger partial charge in [0, 0.05) is 39.6 Å². The summed E-state index contributed by atoms with van der Waals surface area (Å²) in [6, 6.07) is 8.11. The summed E-state index contributed by atoms with van der Waals surface area (Å²) in [6.45, 7) is 7.75. The summed E-state index contributed by atoms with van der Waals surface area (Å²) < 4.78 is 10.2. The predicted octanol–water partition coefficient (Wildman–Crippen LogP) is 2.22. The van der Waals surface area contributed by atoms with E-state index in [0.717, 1.165) is 50.8 Å². The average Bonchev–Trinajstić information content (AvgIpc) is 3.02. The summed E-state index contributed by atoms with van der Waals surface area (Å²) >= 11 is 0. The van der Waals surface area contributed by atoms with Crippen molar-refractivity contribution in [2.75, 3.05) is 39.8 Å². The third kappa shape index (κ3) is 4.66. The topological polar surface area (TPSA) is 54.6 Å². The Balaban J connectivity index is 1.41. The Bertz CT molecular complexity index is 658. The molecule has 0 amide bonds. The van der Waals surface area contributed by atoms with Gasteiger partial charge >= 0.3 is 0 Å². The molecule has 128 valence electrons. The molecule has 1 aromatic heterocycles. The molecule has 24 heavy (non-hydrogen) atoms. The van der Waals surface area contributed by atoms with Crippen LogP contribution >= 0.6 is 0 Å². The van der Waals surface area contributed by atoms with Crippen LogP contribution in [0.2, 0.25) is 0 Å². The Hall–Kier alpha value is -2.18. The second kappa shape index (κ2) is 8.08. The van der Waals surface area contributed by atoms with Crippen LogP contribution in [-0.2, 0) is 6.54 Å². The van der Waals surface area contributed by atoms with E-state index in [0.29, 0.717) is 5.89 Å². The minimum atomic E-state index is 0.632. The van der Waals surface area contributed by atoms with E-state index in [2.05, 4.69) is 44.2 Å². The van der Waals surface area contributed by atoms with Crippen molar-refractivity contribution >= 4 is 6.08 Å². The van der Waals surface area contributed by atoms with E-state index in [1.54, 1.807) is 7.11 Å². The molecule has 2 aromatic rings. The Morgan fingerprint density at radius 2 is 1.83 bits per heavy atom. The number of aryl methyl sites for hydroxylation is 1. The molecule has 1 aromatic carbocycles. The zero-order valence-corrected chi connectivity index (χ0v) is 14.3. The monoisotopic (exact) mass is 328 g/mol. The van der Waals surface area contributed by atoms with Crippen molar-refractivity contribution in [2.45, 2.75) is 13.5 Å². The highest BCUT2D eigenvalue weighted by Gasteiger charge is 2.17. The molecule has 0 N–H and O–H groups in total. The van der Waals surface area contributed by atoms with Crippen LogP contribution in [0.5, 0.6) is 5.75 Å². The number of hydrogen-bond donors (Lipinski definition) is 0. The fourth-order valence-electron chi connectivity index (χ4n) is 2.79. The normalized spacial score (nSPS) is 16.8. The zero-order valence-electron chi connectivity index (χ0n) is 14.3. The number of hydrogen-bond acceptors (Lipinski definition) is 6. The number of aromatic nitrogens is 2. The van der Waals surface area contributed by atoms with Gasteiger partial charge < -0.3 is 9.26 Å². The van der Waals surface area contributed by atoms with Gasteiger partial charge in [0.15, 0.2) is 5.82 Å². The second-order valence-electron chi connectivity index (χ2n) is 5.98. The van der Waals surface area contributed by atoms with Crippen molar-refractivity contribution < 1.29 is 9.26 Å². The van der Waals surface area contributed by atoms with Crippen LogP contribution in [0.4, 0.5) is 0 Å². The molecule has 1 aliphatic heterocycles. The first kappa shape index (κ1) is 16.7. The summed E-state index contributed by atoms with van der Waals surface area (Å²) in [5.41, 5.74) is 1.20. The molecule has 0 unspecified atom stereocenters. The van der Waals surface area contributed by atoms with Gasteiger partial charge in [-0.15, -0.1) is 0 Å². The minimum Gasteiger partial charge on any atom is -0.497 e. The molecule has 3 rings (SSSR count). The number of piperazine rings is 1. The SMILES string of the molecule is COc1ccc(C=CCN2CCN(Cc3noc(C)n3)CC2)cc1. The van der Waals surface area contributed by atoms with Crippen LogP contribution in [0.3, 0.4) is 0 Å². The van der Waals surface area contributed by atoms with Crippen molar-refractivity contribution in [3.8, 4) is 5.75 Å². The highest BCUT2D eigenvalue weighted by Crippen LogP contribution is 2.12. The van der Waals surface area contributed by atoms with Crippen molar-refractivity contribution in [2.24, 2.45) is 0 Å². The molecule has 0 spiro atoms. The van der Waals surface area contributed by atoms with Gasteiger partial charge in [0.25, 0.3) is 0 Å². The van der Waals surface area contributed by atoms with Gasteiger partial charge in [-0.1, -0.05) is 29.4 Å². The molecule has 1 fully saturated rings. The number of nitrogens with zero attached hydrogens (tertiary/aromatic N) is 4. The summed E-state index contributed by atoms with van der Waals surface area (Å²) in [6.07, 6.45) is 4.38. The van der Waals surface area contributed by atoms with Crippen LogP contribution in [0.25, 0.3) is 6.08 Å². The maximum Gasteiger partial charge on any atom is 0.223 e. The first-order valence-corrected chi connectivity index (χ1v) is 8.27. The Kier molecular flexibility index (Phi) is 5.61. The van der Waals surface area contributed by atoms with Crippen molar-refractivity contribution in [1.29, 1.82) is 0 Å². The van der Waals surface area contributed by atoms with Gasteiger partial charge in [0.2, 0.25) is 5.89 Å². The third-order valence-corrected chi connectivity index (χ3v) is 4.19. The lowest BCUT2D eigenvalue weighted by molar-refractivity contribution is 0.133. The minimum absolute atomic E-state index is 0.632. The maximum atomic E-state index is 5.17. The lowest BCUT2D eigenvalue weighted by Crippen LogP contribution is -2.45. The molecule has 2 heterocycles. The van der Waals surface area contributed by atoms with E-state index in [1.807, 2.05) is 19.1 Å². The first-order chi connectivity index (χ1) is 11.7. The summed E-state index contributed by atoms with van der Waals surface area (Å²) in [4.78, 5) is 9.09. The van der Waals surface area contributed by atoms with E-state index in [1.165, 1.54) is 5.56 Å². The van der Waals surface area contributed by atoms with E-state index in [-0.39, 0.29) is 0 Å². The molecule has 0 bridgehead atoms. The van der Waals surface area contributed by atoms with E-state index in [4.69, 9.17) is 9.26 Å². The average molecular weight is 328 g/mol. The van der Waals surface area contributed by atoms with Gasteiger partial charge in [-0.3, -0.25) is 9.80 Å². The summed E-state index contributed by atoms with van der Waals surface area (Å²) in [7, 11) is 1.68. The number of benzene rings is 1. The lowest BCUT2D eigenvalue weighted by atomic mass is 10.2. The number of rotatable bonds is 6. The van der Waals surface area contributed by atoms with Crippen LogP contribution in [0.1, 0.15) is 17.3 Å². The first-order valence-electron chi connectivity index (χ1n) is 8.27. The van der Waals surface area contributed by atoms with Gasteiger partial charge in [-0.2, -0.15) is 4.98 Å². The van der Waals surface area contributed by atoms with Crippen molar-refractivity contribution in [3.05, 3.63) is 47.6 Å². The van der Waals surface area contributed by atoms with Crippen LogP contribution in [-0.4, -0.2) is 59.8 Å². The van der Waals surface area contributed by atoms with E-state index in [9.17, 15) is 0 Å². The van der Waals surface area contributed by atoms with Gasteiger partial charge in [-0.05, 0) is 17.7 Å². The van der Waals surface area contributed by atoms with Crippen LogP contribution in [0, 0.1) is 6.92 Å². The van der Waals surface area contributed by atoms with Gasteiger partial charge in [0.05, 0.1) is 13.7 Å². The molecule has 1 saturated heterocycles. The maximum absolute atomic E-state index is 5.17. The molecule has 0 radical (unpaired) electrons. The summed E-state index contributed by atoms with van der Waals surface area (Å²) in [5.74, 6) is 2.30. The zero-order chi connectivity index (χ0) is 16.8. The second-order valence-corrected chi connectivity index (χ2v) is 5.98. The molecule has 0 aliphatic carbocycles. The van der Waals surface area contributed by atoms with E-state index < -0.39 is 0 Å². The molecule has 0 atom stereocenters. The highest BCUT2D eigenvalue weighted by atomic mass is 16.5. The molecular formula is C18H24N4O2. The van der Waals surface area contributed by atoms with Gasteiger partial charge in [-0.25, -0.2) is 0 Å². The molecular weight excluding hydrogens is 304 g/mol. The standard InChI is InChI=1S/C18H24N4O2/c1-15-19-18(20-24-15)14-22-12-10-21(11-13-22)9-3-4-16-5-7-17(23-2)8-6-16/h3-8H,9-14H2,1-2H3. The van der Waals surface area contributed by atoms with Crippen LogP contribution in [0.15, 0.2) is 34.9 Å². The quantitative estimate of drug-likeness (QED) is 0.810. The van der Waals surface area contributed by atoms with E-state index >= 15 is 0 Å². The highest BCUT2D eigenvalue weighted by molar-refractivity contribution is 5.50. The number of methoxy groups -OCH3 is 1. The molecule has 6 heteroatoms. The molecule has 1 aliphatic rings. The Morgan fingerprint density at radius 1 is 1.12 bits per heavy atom. The largest absolute Gasteiger partial charge is 0.497 e. The Morgan fingerprint density at radius 3 is 2.46 bits per heavy atom. The smallest absolute Gasteiger partial charge is 0.223 e. The molecule has 0 saturated carbocycles. The fraction of sp³-hybridized carbons (Fsp3) is 0.444. The Labute approximate surface area is 142 Å². The van der Waals surface area contributed by atoms with Crippen molar-refractivity contribution in [3.63, 3.8) is 0 Å². The van der Waals surface area contributed by atoms with Gasteiger partial charge in [0.1, 0.15) is 5.75 Å². The van der Waals surface area contributed by atoms with Crippen molar-refractivity contribution in [1.82, 2.24) is 19.9 Å². The fourth-order valence-corrected chi connectivity index (χ4v) is 2.79. The molecule has 6 nitrogen and oxygen atoms in total. The summed E-state index contributed by atoms with van der Waals surface area (Å²) in [5, 5.41) is 3.96. The predicted molar refractivity (Wildman–Crippen MR) is 92.8 cm³/mol. The third-order valence-electron chi connectivity index (χ3n) is 4.19. The lowest BCUT2D eigenvalue weighted by Gasteiger charge is -2.33. The number of ether oxygens (including phenoxy) is 1.